The van der Waals surface area contributed by atoms with Gasteiger partial charge in [0.15, 0.2) is 5.79 Å². The van der Waals surface area contributed by atoms with E-state index in [0.717, 1.165) is 0 Å². The Morgan fingerprint density at radius 3 is 2.77 bits per heavy atom. The first-order chi connectivity index (χ1) is 6.09. The van der Waals surface area contributed by atoms with Crippen LogP contribution in [0.4, 0.5) is 0 Å². The predicted molar refractivity (Wildman–Crippen MR) is 47.9 cm³/mol. The van der Waals surface area contributed by atoms with E-state index in [4.69, 9.17) is 5.11 Å². The van der Waals surface area contributed by atoms with E-state index in [-0.39, 0.29) is 12.2 Å². The molecule has 1 aromatic rings. The van der Waals surface area contributed by atoms with Gasteiger partial charge in [-0.3, -0.25) is 0 Å². The Morgan fingerprint density at radius 2 is 2.00 bits per heavy atom. The highest BCUT2D eigenvalue weighted by Gasteiger charge is 2.29. The van der Waals surface area contributed by atoms with Crippen LogP contribution in [0.2, 0.25) is 0 Å². The molecule has 0 heterocycles. The first kappa shape index (κ1) is 8.29. The van der Waals surface area contributed by atoms with Gasteiger partial charge in [-0.05, 0) is 23.8 Å². The number of aliphatic hydroxyl groups is 2. The molecule has 0 aromatic heterocycles. The van der Waals surface area contributed by atoms with E-state index in [1.54, 1.807) is 12.2 Å². The van der Waals surface area contributed by atoms with E-state index in [1.165, 1.54) is 18.2 Å². The van der Waals surface area contributed by atoms with E-state index in [0.29, 0.717) is 11.1 Å². The minimum atomic E-state index is -1.79. The van der Waals surface area contributed by atoms with Crippen molar-refractivity contribution in [3.05, 3.63) is 35.4 Å². The van der Waals surface area contributed by atoms with Crippen LogP contribution < -0.4 is 0 Å². The number of benzene rings is 1. The van der Waals surface area contributed by atoms with E-state index < -0.39 is 5.79 Å². The summed E-state index contributed by atoms with van der Waals surface area (Å²) in [7, 11) is 0. The van der Waals surface area contributed by atoms with Gasteiger partial charge in [0.2, 0.25) is 0 Å². The molecule has 3 N–H and O–H groups in total. The van der Waals surface area contributed by atoms with Crippen LogP contribution in [-0.4, -0.2) is 15.3 Å². The molecular weight excluding hydrogens is 168 g/mol. The van der Waals surface area contributed by atoms with Crippen molar-refractivity contribution < 1.29 is 15.3 Å². The standard InChI is InChI=1S/C10H10O3/c11-8-3-4-9-7(6-8)2-1-5-10(9,12)13/h1-4,6,11-13H,5H2. The lowest BCUT2D eigenvalue weighted by Crippen LogP contribution is -2.26. The third-order valence-electron chi connectivity index (χ3n) is 2.17. The zero-order valence-corrected chi connectivity index (χ0v) is 6.94. The lowest BCUT2D eigenvalue weighted by Gasteiger charge is -2.25. The Kier molecular flexibility index (Phi) is 1.65. The fourth-order valence-electron chi connectivity index (χ4n) is 1.51. The highest BCUT2D eigenvalue weighted by molar-refractivity contribution is 5.59. The van der Waals surface area contributed by atoms with Crippen molar-refractivity contribution in [1.29, 1.82) is 0 Å². The molecule has 0 fully saturated rings. The van der Waals surface area contributed by atoms with Gasteiger partial charge in [-0.15, -0.1) is 0 Å². The van der Waals surface area contributed by atoms with Crippen molar-refractivity contribution in [2.75, 3.05) is 0 Å². The number of fused-ring (bicyclic) bond motifs is 1. The average Bonchev–Trinajstić information content (AvgIpc) is 2.02. The molecular formula is C10H10O3. The summed E-state index contributed by atoms with van der Waals surface area (Å²) >= 11 is 0. The second kappa shape index (κ2) is 2.58. The van der Waals surface area contributed by atoms with E-state index in [1.807, 2.05) is 0 Å². The van der Waals surface area contributed by atoms with Gasteiger partial charge in [-0.25, -0.2) is 0 Å². The van der Waals surface area contributed by atoms with Crippen molar-refractivity contribution in [2.24, 2.45) is 0 Å². The second-order valence-corrected chi connectivity index (χ2v) is 3.19. The summed E-state index contributed by atoms with van der Waals surface area (Å²) in [5, 5.41) is 28.2. The van der Waals surface area contributed by atoms with E-state index in [9.17, 15) is 10.2 Å². The van der Waals surface area contributed by atoms with Crippen molar-refractivity contribution >= 4 is 6.08 Å². The zero-order valence-electron chi connectivity index (χ0n) is 6.94. The number of phenols is 1. The Balaban J connectivity index is 2.61. The van der Waals surface area contributed by atoms with Gasteiger partial charge < -0.3 is 15.3 Å². The van der Waals surface area contributed by atoms with E-state index >= 15 is 0 Å². The van der Waals surface area contributed by atoms with Gasteiger partial charge in [0.25, 0.3) is 0 Å². The van der Waals surface area contributed by atoms with Crippen molar-refractivity contribution in [3.63, 3.8) is 0 Å². The summed E-state index contributed by atoms with van der Waals surface area (Å²) in [6, 6.07) is 4.47. The Morgan fingerprint density at radius 1 is 1.23 bits per heavy atom. The van der Waals surface area contributed by atoms with Gasteiger partial charge in [0.05, 0.1) is 0 Å². The maximum absolute atomic E-state index is 9.54. The molecule has 0 spiro atoms. The molecule has 0 aliphatic heterocycles. The SMILES string of the molecule is Oc1ccc2c(c1)C=CCC2(O)O. The molecule has 0 amide bonds. The lowest BCUT2D eigenvalue weighted by atomic mass is 9.92. The maximum Gasteiger partial charge on any atom is 0.193 e. The fourth-order valence-corrected chi connectivity index (χ4v) is 1.51. The van der Waals surface area contributed by atoms with Gasteiger partial charge in [-0.1, -0.05) is 12.2 Å². The molecule has 0 unspecified atom stereocenters. The van der Waals surface area contributed by atoms with Crippen LogP contribution in [0.3, 0.4) is 0 Å². The number of hydrogen-bond acceptors (Lipinski definition) is 3. The molecule has 0 bridgehead atoms. The Hall–Kier alpha value is -1.32. The lowest BCUT2D eigenvalue weighted by molar-refractivity contribution is -0.166. The van der Waals surface area contributed by atoms with Crippen LogP contribution >= 0.6 is 0 Å². The van der Waals surface area contributed by atoms with Crippen LogP contribution in [0.5, 0.6) is 5.75 Å². The highest BCUT2D eigenvalue weighted by atomic mass is 16.5. The molecule has 0 saturated carbocycles. The minimum absolute atomic E-state index is 0.126. The molecule has 0 atom stereocenters. The van der Waals surface area contributed by atoms with Crippen LogP contribution in [0.15, 0.2) is 24.3 Å². The van der Waals surface area contributed by atoms with Crippen LogP contribution in [-0.2, 0) is 5.79 Å². The monoisotopic (exact) mass is 178 g/mol. The fraction of sp³-hybridized carbons (Fsp3) is 0.200. The smallest absolute Gasteiger partial charge is 0.193 e. The predicted octanol–water partition coefficient (Wildman–Crippen LogP) is 0.946. The Bertz CT molecular complexity index is 366. The average molecular weight is 178 g/mol. The quantitative estimate of drug-likeness (QED) is 0.518. The summed E-state index contributed by atoms with van der Waals surface area (Å²) < 4.78 is 0. The largest absolute Gasteiger partial charge is 0.508 e. The molecule has 3 nitrogen and oxygen atoms in total. The summed E-state index contributed by atoms with van der Waals surface area (Å²) in [5.41, 5.74) is 1.09. The summed E-state index contributed by atoms with van der Waals surface area (Å²) in [4.78, 5) is 0. The molecule has 2 rings (SSSR count). The van der Waals surface area contributed by atoms with Gasteiger partial charge >= 0.3 is 0 Å². The first-order valence-electron chi connectivity index (χ1n) is 4.04. The number of aromatic hydroxyl groups is 1. The summed E-state index contributed by atoms with van der Waals surface area (Å²) in [6.07, 6.45) is 3.62. The molecule has 0 radical (unpaired) electrons. The Labute approximate surface area is 75.6 Å². The topological polar surface area (TPSA) is 60.7 Å². The number of hydrogen-bond donors (Lipinski definition) is 3. The number of rotatable bonds is 0. The minimum Gasteiger partial charge on any atom is -0.508 e. The van der Waals surface area contributed by atoms with Gasteiger partial charge in [0, 0.05) is 12.0 Å². The third kappa shape index (κ3) is 1.32. The second-order valence-electron chi connectivity index (χ2n) is 3.19. The molecule has 1 aliphatic carbocycles. The molecule has 68 valence electrons. The summed E-state index contributed by atoms with van der Waals surface area (Å²) in [6.45, 7) is 0. The molecule has 13 heavy (non-hydrogen) atoms. The van der Waals surface area contributed by atoms with Crippen LogP contribution in [0, 0.1) is 0 Å². The van der Waals surface area contributed by atoms with Crippen molar-refractivity contribution in [1.82, 2.24) is 0 Å². The third-order valence-corrected chi connectivity index (χ3v) is 2.17. The molecule has 1 aliphatic rings. The summed E-state index contributed by atoms with van der Waals surface area (Å²) in [5.74, 6) is -1.67. The molecule has 1 aromatic carbocycles. The molecule has 0 saturated heterocycles. The van der Waals surface area contributed by atoms with Gasteiger partial charge in [-0.2, -0.15) is 0 Å². The normalized spacial score (nSPS) is 18.3. The van der Waals surface area contributed by atoms with Gasteiger partial charge in [0.1, 0.15) is 5.75 Å². The first-order valence-corrected chi connectivity index (χ1v) is 4.04. The van der Waals surface area contributed by atoms with Crippen LogP contribution in [0.25, 0.3) is 6.08 Å². The zero-order chi connectivity index (χ0) is 9.47. The van der Waals surface area contributed by atoms with Crippen LogP contribution in [0.1, 0.15) is 17.5 Å². The maximum atomic E-state index is 9.54. The highest BCUT2D eigenvalue weighted by Crippen LogP contribution is 2.32. The van der Waals surface area contributed by atoms with Crippen molar-refractivity contribution in [3.8, 4) is 5.75 Å². The van der Waals surface area contributed by atoms with E-state index in [2.05, 4.69) is 0 Å². The molecule has 3 heteroatoms. The van der Waals surface area contributed by atoms with Crippen molar-refractivity contribution in [2.45, 2.75) is 12.2 Å². The number of phenolic OH excluding ortho intramolecular Hbond substituents is 1.